The Kier molecular flexibility index (Phi) is 4.49. The molecule has 2 nitrogen and oxygen atoms in total. The summed E-state index contributed by atoms with van der Waals surface area (Å²) in [7, 11) is 0. The predicted octanol–water partition coefficient (Wildman–Crippen LogP) is 4.86. The fraction of sp³-hybridized carbons (Fsp3) is 0.286. The number of hydrogen-bond donors (Lipinski definition) is 1. The first-order valence-electron chi connectivity index (χ1n) is 5.84. The van der Waals surface area contributed by atoms with Gasteiger partial charge >= 0.3 is 0 Å². The van der Waals surface area contributed by atoms with Crippen LogP contribution in [-0.4, -0.2) is 6.04 Å². The summed E-state index contributed by atoms with van der Waals surface area (Å²) in [6.07, 6.45) is 0. The summed E-state index contributed by atoms with van der Waals surface area (Å²) in [5.41, 5.74) is 0.904. The van der Waals surface area contributed by atoms with Gasteiger partial charge in [-0.1, -0.05) is 41.4 Å². The van der Waals surface area contributed by atoms with Gasteiger partial charge in [0, 0.05) is 16.1 Å². The summed E-state index contributed by atoms with van der Waals surface area (Å²) >= 11 is 9.61. The molecular formula is C14H15BrClNO. The van der Waals surface area contributed by atoms with Crippen molar-refractivity contribution in [1.82, 2.24) is 5.32 Å². The summed E-state index contributed by atoms with van der Waals surface area (Å²) < 4.78 is 6.77. The third kappa shape index (κ3) is 3.37. The Bertz CT molecular complexity index is 536. The lowest BCUT2D eigenvalue weighted by molar-refractivity contribution is 0.473. The molecule has 96 valence electrons. The molecule has 1 aromatic heterocycles. The van der Waals surface area contributed by atoms with Gasteiger partial charge < -0.3 is 9.73 Å². The molecule has 0 aliphatic heterocycles. The van der Waals surface area contributed by atoms with Crippen molar-refractivity contribution >= 4 is 27.5 Å². The molecule has 0 fully saturated rings. The molecule has 0 amide bonds. The number of hydrogen-bond acceptors (Lipinski definition) is 2. The van der Waals surface area contributed by atoms with Crippen LogP contribution in [0.1, 0.15) is 19.6 Å². The van der Waals surface area contributed by atoms with Crippen molar-refractivity contribution in [2.24, 2.45) is 0 Å². The summed E-state index contributed by atoms with van der Waals surface area (Å²) in [6, 6.07) is 10.1. The standard InChI is InChI=1S/C14H15BrClNO/c1-9(2)17-8-11-4-6-14(18-11)12-7-10(15)3-5-13(12)16/h3-7,9,17H,8H2,1-2H3. The molecule has 1 aromatic carbocycles. The van der Waals surface area contributed by atoms with Crippen LogP contribution in [0.3, 0.4) is 0 Å². The molecule has 1 N–H and O–H groups in total. The third-order valence-electron chi connectivity index (χ3n) is 2.54. The van der Waals surface area contributed by atoms with Crippen LogP contribution in [0.15, 0.2) is 39.2 Å². The van der Waals surface area contributed by atoms with Crippen LogP contribution in [0.5, 0.6) is 0 Å². The minimum Gasteiger partial charge on any atom is -0.460 e. The first kappa shape index (κ1) is 13.7. The van der Waals surface area contributed by atoms with E-state index >= 15 is 0 Å². The zero-order valence-electron chi connectivity index (χ0n) is 10.3. The molecule has 0 unspecified atom stereocenters. The van der Waals surface area contributed by atoms with Crippen molar-refractivity contribution in [1.29, 1.82) is 0 Å². The summed E-state index contributed by atoms with van der Waals surface area (Å²) in [5.74, 6) is 1.71. The normalized spacial score (nSPS) is 11.2. The Morgan fingerprint density at radius 3 is 2.78 bits per heavy atom. The van der Waals surface area contributed by atoms with Gasteiger partial charge in [-0.3, -0.25) is 0 Å². The quantitative estimate of drug-likeness (QED) is 0.867. The fourth-order valence-corrected chi connectivity index (χ4v) is 2.18. The van der Waals surface area contributed by atoms with E-state index in [0.717, 1.165) is 28.1 Å². The van der Waals surface area contributed by atoms with Crippen molar-refractivity contribution in [3.63, 3.8) is 0 Å². The van der Waals surface area contributed by atoms with E-state index in [-0.39, 0.29) is 0 Å². The second kappa shape index (κ2) is 5.91. The lowest BCUT2D eigenvalue weighted by Crippen LogP contribution is -2.21. The average molecular weight is 329 g/mol. The van der Waals surface area contributed by atoms with Gasteiger partial charge in [-0.15, -0.1) is 0 Å². The molecule has 2 aromatic rings. The maximum atomic E-state index is 6.17. The van der Waals surface area contributed by atoms with Gasteiger partial charge in [0.05, 0.1) is 11.6 Å². The van der Waals surface area contributed by atoms with Crippen molar-refractivity contribution < 1.29 is 4.42 Å². The second-order valence-corrected chi connectivity index (χ2v) is 5.75. The highest BCUT2D eigenvalue weighted by atomic mass is 79.9. The number of halogens is 2. The van der Waals surface area contributed by atoms with E-state index in [0.29, 0.717) is 11.1 Å². The van der Waals surface area contributed by atoms with E-state index in [1.165, 1.54) is 0 Å². The molecule has 0 aliphatic rings. The molecule has 4 heteroatoms. The molecule has 0 spiro atoms. The molecule has 1 heterocycles. The second-order valence-electron chi connectivity index (χ2n) is 4.43. The lowest BCUT2D eigenvalue weighted by atomic mass is 10.2. The van der Waals surface area contributed by atoms with E-state index in [2.05, 4.69) is 35.1 Å². The largest absolute Gasteiger partial charge is 0.460 e. The highest BCUT2D eigenvalue weighted by Crippen LogP contribution is 2.31. The van der Waals surface area contributed by atoms with Gasteiger partial charge in [0.2, 0.25) is 0 Å². The van der Waals surface area contributed by atoms with Crippen LogP contribution in [0.25, 0.3) is 11.3 Å². The topological polar surface area (TPSA) is 25.2 Å². The van der Waals surface area contributed by atoms with Crippen molar-refractivity contribution in [2.45, 2.75) is 26.4 Å². The van der Waals surface area contributed by atoms with Crippen molar-refractivity contribution in [2.75, 3.05) is 0 Å². The minimum absolute atomic E-state index is 0.438. The Morgan fingerprint density at radius 1 is 1.28 bits per heavy atom. The highest BCUT2D eigenvalue weighted by Gasteiger charge is 2.09. The van der Waals surface area contributed by atoms with Crippen LogP contribution in [0.4, 0.5) is 0 Å². The molecule has 0 radical (unpaired) electrons. The monoisotopic (exact) mass is 327 g/mol. The predicted molar refractivity (Wildman–Crippen MR) is 78.8 cm³/mol. The zero-order valence-corrected chi connectivity index (χ0v) is 12.7. The summed E-state index contributed by atoms with van der Waals surface area (Å²) in [4.78, 5) is 0. The zero-order chi connectivity index (χ0) is 13.1. The van der Waals surface area contributed by atoms with E-state index in [4.69, 9.17) is 16.0 Å². The molecule has 0 atom stereocenters. The fourth-order valence-electron chi connectivity index (χ4n) is 1.61. The van der Waals surface area contributed by atoms with Gasteiger partial charge in [0.1, 0.15) is 11.5 Å². The smallest absolute Gasteiger partial charge is 0.135 e. The van der Waals surface area contributed by atoms with Crippen molar-refractivity contribution in [3.8, 4) is 11.3 Å². The van der Waals surface area contributed by atoms with Gasteiger partial charge in [-0.05, 0) is 30.3 Å². The molecule has 0 saturated carbocycles. The van der Waals surface area contributed by atoms with E-state index in [1.807, 2.05) is 30.3 Å². The van der Waals surface area contributed by atoms with Crippen molar-refractivity contribution in [3.05, 3.63) is 45.6 Å². The number of benzene rings is 1. The molecule has 2 rings (SSSR count). The molecule has 0 aliphatic carbocycles. The van der Waals surface area contributed by atoms with E-state index in [1.54, 1.807) is 0 Å². The number of rotatable bonds is 4. The van der Waals surface area contributed by atoms with Crippen LogP contribution < -0.4 is 5.32 Å². The number of nitrogens with one attached hydrogen (secondary N) is 1. The highest BCUT2D eigenvalue weighted by molar-refractivity contribution is 9.10. The van der Waals surface area contributed by atoms with Crippen LogP contribution >= 0.6 is 27.5 Å². The lowest BCUT2D eigenvalue weighted by Gasteiger charge is -2.05. The van der Waals surface area contributed by atoms with E-state index in [9.17, 15) is 0 Å². The van der Waals surface area contributed by atoms with Gasteiger partial charge in [-0.25, -0.2) is 0 Å². The first-order chi connectivity index (χ1) is 8.56. The third-order valence-corrected chi connectivity index (χ3v) is 3.36. The Hall–Kier alpha value is -0.770. The Balaban J connectivity index is 2.21. The van der Waals surface area contributed by atoms with Gasteiger partial charge in [0.15, 0.2) is 0 Å². The molecular weight excluding hydrogens is 314 g/mol. The van der Waals surface area contributed by atoms with Crippen LogP contribution in [0, 0.1) is 0 Å². The molecule has 18 heavy (non-hydrogen) atoms. The van der Waals surface area contributed by atoms with Crippen LogP contribution in [-0.2, 0) is 6.54 Å². The Morgan fingerprint density at radius 2 is 2.06 bits per heavy atom. The summed E-state index contributed by atoms with van der Waals surface area (Å²) in [6.45, 7) is 4.94. The summed E-state index contributed by atoms with van der Waals surface area (Å²) in [5, 5.41) is 4.01. The average Bonchev–Trinajstić information content (AvgIpc) is 2.78. The minimum atomic E-state index is 0.438. The Labute approximate surface area is 120 Å². The van der Waals surface area contributed by atoms with Gasteiger partial charge in [-0.2, -0.15) is 0 Å². The van der Waals surface area contributed by atoms with E-state index < -0.39 is 0 Å². The molecule has 0 saturated heterocycles. The molecule has 0 bridgehead atoms. The maximum Gasteiger partial charge on any atom is 0.135 e. The SMILES string of the molecule is CC(C)NCc1ccc(-c2cc(Br)ccc2Cl)o1. The first-order valence-corrected chi connectivity index (χ1v) is 7.01. The number of furan rings is 1. The van der Waals surface area contributed by atoms with Crippen LogP contribution in [0.2, 0.25) is 5.02 Å². The van der Waals surface area contributed by atoms with Gasteiger partial charge in [0.25, 0.3) is 0 Å². The maximum absolute atomic E-state index is 6.17.